The largest absolute Gasteiger partial charge is 0.418 e. The van der Waals surface area contributed by atoms with Gasteiger partial charge in [-0.1, -0.05) is 0 Å². The van der Waals surface area contributed by atoms with Gasteiger partial charge in [0.25, 0.3) is 0 Å². The van der Waals surface area contributed by atoms with E-state index in [0.29, 0.717) is 11.2 Å². The smallest absolute Gasteiger partial charge is 0.357 e. The van der Waals surface area contributed by atoms with Crippen LogP contribution in [0.2, 0.25) is 0 Å². The summed E-state index contributed by atoms with van der Waals surface area (Å²) in [4.78, 5) is 6.25. The fourth-order valence-corrected chi connectivity index (χ4v) is 2.91. The van der Waals surface area contributed by atoms with Gasteiger partial charge in [-0.25, -0.2) is 4.98 Å². The molecule has 19 heavy (non-hydrogen) atoms. The Balaban J connectivity index is 1.77. The molecule has 1 aromatic rings. The van der Waals surface area contributed by atoms with Crippen molar-refractivity contribution in [1.82, 2.24) is 4.98 Å². The summed E-state index contributed by atoms with van der Waals surface area (Å²) in [5.41, 5.74) is 0.000838. The Morgan fingerprint density at radius 1 is 1.11 bits per heavy atom. The minimum absolute atomic E-state index is 0.0664. The minimum atomic E-state index is -4.31. The topological polar surface area (TPSA) is 16.1 Å². The van der Waals surface area contributed by atoms with Gasteiger partial charge in [-0.3, -0.25) is 0 Å². The van der Waals surface area contributed by atoms with Crippen LogP contribution in [0.5, 0.6) is 0 Å². The molecule has 2 aliphatic rings. The number of piperidine rings is 1. The van der Waals surface area contributed by atoms with Crippen molar-refractivity contribution in [3.63, 3.8) is 0 Å². The molecular weight excluding hydrogens is 253 g/mol. The Hall–Kier alpha value is -1.26. The van der Waals surface area contributed by atoms with Crippen molar-refractivity contribution in [2.45, 2.75) is 38.8 Å². The van der Waals surface area contributed by atoms with E-state index < -0.39 is 11.7 Å². The first-order valence-corrected chi connectivity index (χ1v) is 6.70. The minimum Gasteiger partial charge on any atom is -0.357 e. The summed E-state index contributed by atoms with van der Waals surface area (Å²) in [6.07, 6.45) is 0.625. The van der Waals surface area contributed by atoms with Crippen LogP contribution in [0.4, 0.5) is 19.0 Å². The summed E-state index contributed by atoms with van der Waals surface area (Å²) >= 11 is 0. The number of hydrogen-bond acceptors (Lipinski definition) is 2. The van der Waals surface area contributed by atoms with E-state index in [4.69, 9.17) is 0 Å². The molecule has 3 rings (SSSR count). The van der Waals surface area contributed by atoms with Crippen LogP contribution in [0.15, 0.2) is 12.1 Å². The molecule has 1 aromatic heterocycles. The Bertz CT molecular complexity index is 482. The van der Waals surface area contributed by atoms with E-state index >= 15 is 0 Å². The highest BCUT2D eigenvalue weighted by molar-refractivity contribution is 5.43. The van der Waals surface area contributed by atoms with Crippen LogP contribution in [-0.2, 0) is 6.18 Å². The molecule has 1 aliphatic heterocycles. The lowest BCUT2D eigenvalue weighted by atomic mass is 9.94. The second-order valence-electron chi connectivity index (χ2n) is 5.79. The molecule has 0 aromatic carbocycles. The molecule has 104 valence electrons. The third kappa shape index (κ3) is 2.42. The number of hydrogen-bond donors (Lipinski definition) is 0. The second kappa shape index (κ2) is 4.12. The van der Waals surface area contributed by atoms with E-state index in [2.05, 4.69) is 9.88 Å². The quantitative estimate of drug-likeness (QED) is 0.772. The maximum Gasteiger partial charge on any atom is 0.418 e. The predicted octanol–water partition coefficient (Wildman–Crippen LogP) is 3.79. The van der Waals surface area contributed by atoms with E-state index in [1.165, 1.54) is 25.8 Å². The van der Waals surface area contributed by atoms with Crippen molar-refractivity contribution in [2.75, 3.05) is 18.0 Å². The zero-order valence-electron chi connectivity index (χ0n) is 10.9. The van der Waals surface area contributed by atoms with Crippen LogP contribution in [0.1, 0.15) is 36.9 Å². The third-order valence-corrected chi connectivity index (χ3v) is 4.48. The van der Waals surface area contributed by atoms with Gasteiger partial charge < -0.3 is 4.90 Å². The number of aryl methyl sites for hydroxylation is 1. The molecule has 1 saturated carbocycles. The van der Waals surface area contributed by atoms with Gasteiger partial charge >= 0.3 is 6.18 Å². The fraction of sp³-hybridized carbons (Fsp3) is 0.643. The van der Waals surface area contributed by atoms with Crippen molar-refractivity contribution >= 4 is 5.82 Å². The maximum absolute atomic E-state index is 12.7. The van der Waals surface area contributed by atoms with Gasteiger partial charge in [-0.2, -0.15) is 13.2 Å². The summed E-state index contributed by atoms with van der Waals surface area (Å²) in [5.74, 6) is 0.681. The number of alkyl halides is 3. The van der Waals surface area contributed by atoms with E-state index in [-0.39, 0.29) is 5.69 Å². The molecule has 2 fully saturated rings. The van der Waals surface area contributed by atoms with Crippen LogP contribution in [0, 0.1) is 12.3 Å². The number of anilines is 1. The average molecular weight is 270 g/mol. The Morgan fingerprint density at radius 2 is 1.74 bits per heavy atom. The van der Waals surface area contributed by atoms with Gasteiger partial charge in [0.05, 0.1) is 11.3 Å². The Kier molecular flexibility index (Phi) is 2.76. The van der Waals surface area contributed by atoms with Gasteiger partial charge in [-0.05, 0) is 50.2 Å². The van der Waals surface area contributed by atoms with E-state index in [1.807, 2.05) is 0 Å². The lowest BCUT2D eigenvalue weighted by Crippen LogP contribution is -2.35. The normalized spacial score (nSPS) is 21.8. The lowest BCUT2D eigenvalue weighted by molar-refractivity contribution is -0.138. The predicted molar refractivity (Wildman–Crippen MR) is 67.1 cm³/mol. The zero-order chi connectivity index (χ0) is 13.7. The van der Waals surface area contributed by atoms with Crippen LogP contribution >= 0.6 is 0 Å². The van der Waals surface area contributed by atoms with Crippen LogP contribution in [0.25, 0.3) is 0 Å². The molecule has 1 saturated heterocycles. The van der Waals surface area contributed by atoms with E-state index in [0.717, 1.165) is 32.0 Å². The molecule has 2 heterocycles. The number of aromatic nitrogens is 1. The molecule has 0 N–H and O–H groups in total. The zero-order valence-corrected chi connectivity index (χ0v) is 10.9. The molecule has 0 atom stereocenters. The van der Waals surface area contributed by atoms with Gasteiger partial charge in [0.2, 0.25) is 0 Å². The highest BCUT2D eigenvalue weighted by atomic mass is 19.4. The first-order valence-electron chi connectivity index (χ1n) is 6.70. The van der Waals surface area contributed by atoms with Crippen LogP contribution in [-0.4, -0.2) is 18.1 Å². The first kappa shape index (κ1) is 12.8. The molecule has 0 amide bonds. The number of pyridine rings is 1. The second-order valence-corrected chi connectivity index (χ2v) is 5.79. The fourth-order valence-electron chi connectivity index (χ4n) is 2.91. The van der Waals surface area contributed by atoms with E-state index in [1.54, 1.807) is 0 Å². The SMILES string of the molecule is Cc1nc(N2CCC3(CC2)CC3)ccc1C(F)(F)F. The van der Waals surface area contributed by atoms with Crippen molar-refractivity contribution in [3.05, 3.63) is 23.4 Å². The third-order valence-electron chi connectivity index (χ3n) is 4.48. The van der Waals surface area contributed by atoms with E-state index in [9.17, 15) is 13.2 Å². The Morgan fingerprint density at radius 3 is 2.21 bits per heavy atom. The van der Waals surface area contributed by atoms with Crippen LogP contribution < -0.4 is 4.90 Å². The monoisotopic (exact) mass is 270 g/mol. The Labute approximate surface area is 110 Å². The summed E-state index contributed by atoms with van der Waals surface area (Å²) in [6.45, 7) is 3.26. The van der Waals surface area contributed by atoms with Gasteiger partial charge in [0.15, 0.2) is 0 Å². The van der Waals surface area contributed by atoms with Crippen molar-refractivity contribution in [3.8, 4) is 0 Å². The molecule has 1 aliphatic carbocycles. The molecular formula is C14H17F3N2. The summed E-state index contributed by atoms with van der Waals surface area (Å²) < 4.78 is 38.0. The summed E-state index contributed by atoms with van der Waals surface area (Å²) in [6, 6.07) is 2.65. The highest BCUT2D eigenvalue weighted by Gasteiger charge is 2.44. The highest BCUT2D eigenvalue weighted by Crippen LogP contribution is 2.53. The number of rotatable bonds is 1. The first-order chi connectivity index (χ1) is 8.90. The molecule has 0 radical (unpaired) electrons. The lowest BCUT2D eigenvalue weighted by Gasteiger charge is -2.33. The standard InChI is InChI=1S/C14H17F3N2/c1-10-11(14(15,16)17)2-3-12(18-10)19-8-6-13(4-5-13)7-9-19/h2-3H,4-9H2,1H3. The van der Waals surface area contributed by atoms with Crippen molar-refractivity contribution in [2.24, 2.45) is 5.41 Å². The van der Waals surface area contributed by atoms with Gasteiger partial charge in [-0.15, -0.1) is 0 Å². The van der Waals surface area contributed by atoms with Crippen molar-refractivity contribution < 1.29 is 13.2 Å². The van der Waals surface area contributed by atoms with Crippen molar-refractivity contribution in [1.29, 1.82) is 0 Å². The number of nitrogens with zero attached hydrogens (tertiary/aromatic N) is 2. The summed E-state index contributed by atoms with van der Waals surface area (Å²) in [5, 5.41) is 0. The van der Waals surface area contributed by atoms with Gasteiger partial charge in [0.1, 0.15) is 5.82 Å². The molecule has 2 nitrogen and oxygen atoms in total. The number of halogens is 3. The maximum atomic E-state index is 12.7. The average Bonchev–Trinajstić information content (AvgIpc) is 3.08. The summed E-state index contributed by atoms with van der Waals surface area (Å²) in [7, 11) is 0. The molecule has 0 unspecified atom stereocenters. The molecule has 0 bridgehead atoms. The molecule has 5 heteroatoms. The van der Waals surface area contributed by atoms with Gasteiger partial charge in [0, 0.05) is 13.1 Å². The van der Waals surface area contributed by atoms with Crippen LogP contribution in [0.3, 0.4) is 0 Å². The molecule has 1 spiro atoms.